The minimum Gasteiger partial charge on any atom is -0.481 e. The summed E-state index contributed by atoms with van der Waals surface area (Å²) in [7, 11) is 0. The number of hydrogen-bond donors (Lipinski definition) is 0. The highest BCUT2D eigenvalue weighted by Crippen LogP contribution is 2.33. The standard InChI is InChI=1S/C23H25NO4/c1-2-11-25-20-8-5-18(6-9-20)14-24(16-21-4-3-12-26-21)15-19-7-10-22-23(13-19)28-17-27-22/h1,5-10,13,21H,3-4,11-12,14-17H2/t21-/m0/s1. The van der Waals surface area contributed by atoms with Crippen molar-refractivity contribution in [3.8, 4) is 29.6 Å². The van der Waals surface area contributed by atoms with E-state index in [2.05, 4.69) is 35.1 Å². The van der Waals surface area contributed by atoms with Crippen molar-refractivity contribution in [2.24, 2.45) is 0 Å². The minimum absolute atomic E-state index is 0.286. The van der Waals surface area contributed by atoms with Gasteiger partial charge in [0.2, 0.25) is 6.79 Å². The molecular weight excluding hydrogens is 354 g/mol. The van der Waals surface area contributed by atoms with Crippen LogP contribution in [0.15, 0.2) is 42.5 Å². The molecule has 2 aliphatic heterocycles. The van der Waals surface area contributed by atoms with Gasteiger partial charge in [0.25, 0.3) is 0 Å². The van der Waals surface area contributed by atoms with Gasteiger partial charge in [-0.3, -0.25) is 4.90 Å². The number of fused-ring (bicyclic) bond motifs is 1. The van der Waals surface area contributed by atoms with Crippen molar-refractivity contribution in [2.75, 3.05) is 26.6 Å². The fourth-order valence-corrected chi connectivity index (χ4v) is 3.63. The molecule has 2 heterocycles. The zero-order chi connectivity index (χ0) is 19.2. The number of ether oxygens (including phenoxy) is 4. The first-order valence-electron chi connectivity index (χ1n) is 9.68. The van der Waals surface area contributed by atoms with E-state index in [1.54, 1.807) is 0 Å². The van der Waals surface area contributed by atoms with E-state index in [0.29, 0.717) is 12.9 Å². The topological polar surface area (TPSA) is 40.2 Å². The third-order valence-electron chi connectivity index (χ3n) is 4.98. The summed E-state index contributed by atoms with van der Waals surface area (Å²) >= 11 is 0. The Balaban J connectivity index is 1.44. The minimum atomic E-state index is 0.286. The molecule has 5 heteroatoms. The van der Waals surface area contributed by atoms with Gasteiger partial charge in [-0.2, -0.15) is 0 Å². The number of nitrogens with zero attached hydrogens (tertiary/aromatic N) is 1. The van der Waals surface area contributed by atoms with Gasteiger partial charge in [-0.25, -0.2) is 0 Å². The van der Waals surface area contributed by atoms with Gasteiger partial charge in [0.1, 0.15) is 12.4 Å². The molecule has 2 aromatic carbocycles. The number of hydrogen-bond acceptors (Lipinski definition) is 5. The van der Waals surface area contributed by atoms with Crippen molar-refractivity contribution in [3.05, 3.63) is 53.6 Å². The highest BCUT2D eigenvalue weighted by molar-refractivity contribution is 5.44. The van der Waals surface area contributed by atoms with E-state index in [0.717, 1.165) is 56.3 Å². The Bertz CT molecular complexity index is 821. The summed E-state index contributed by atoms with van der Waals surface area (Å²) in [4.78, 5) is 2.42. The van der Waals surface area contributed by atoms with E-state index in [1.807, 2.05) is 18.2 Å². The second-order valence-corrected chi connectivity index (χ2v) is 7.13. The average Bonchev–Trinajstić information content (AvgIpc) is 3.39. The molecule has 1 atom stereocenters. The molecule has 0 saturated carbocycles. The van der Waals surface area contributed by atoms with E-state index in [1.165, 1.54) is 11.1 Å². The maximum absolute atomic E-state index is 5.87. The van der Waals surface area contributed by atoms with Crippen LogP contribution in [0.5, 0.6) is 17.2 Å². The lowest BCUT2D eigenvalue weighted by molar-refractivity contribution is 0.0679. The molecule has 1 saturated heterocycles. The lowest BCUT2D eigenvalue weighted by Crippen LogP contribution is -2.31. The Morgan fingerprint density at radius 3 is 2.61 bits per heavy atom. The Labute approximate surface area is 166 Å². The van der Waals surface area contributed by atoms with Crippen molar-refractivity contribution < 1.29 is 18.9 Å². The monoisotopic (exact) mass is 379 g/mol. The highest BCUT2D eigenvalue weighted by Gasteiger charge is 2.21. The molecule has 28 heavy (non-hydrogen) atoms. The molecule has 0 N–H and O–H groups in total. The van der Waals surface area contributed by atoms with Gasteiger partial charge in [-0.05, 0) is 48.2 Å². The summed E-state index contributed by atoms with van der Waals surface area (Å²) in [6.45, 7) is 4.02. The maximum Gasteiger partial charge on any atom is 0.231 e. The molecule has 0 spiro atoms. The van der Waals surface area contributed by atoms with Crippen molar-refractivity contribution in [2.45, 2.75) is 32.0 Å². The summed E-state index contributed by atoms with van der Waals surface area (Å²) in [6, 6.07) is 14.3. The van der Waals surface area contributed by atoms with E-state index in [9.17, 15) is 0 Å². The van der Waals surface area contributed by atoms with Crippen molar-refractivity contribution in [1.29, 1.82) is 0 Å². The molecule has 0 unspecified atom stereocenters. The smallest absolute Gasteiger partial charge is 0.231 e. The fraction of sp³-hybridized carbons (Fsp3) is 0.391. The molecule has 1 fully saturated rings. The van der Waals surface area contributed by atoms with Crippen LogP contribution in [0.1, 0.15) is 24.0 Å². The largest absolute Gasteiger partial charge is 0.481 e. The van der Waals surface area contributed by atoms with Gasteiger partial charge in [-0.15, -0.1) is 6.42 Å². The second-order valence-electron chi connectivity index (χ2n) is 7.13. The fourth-order valence-electron chi connectivity index (χ4n) is 3.63. The summed E-state index contributed by atoms with van der Waals surface area (Å²) in [5, 5.41) is 0. The first-order valence-corrected chi connectivity index (χ1v) is 9.68. The van der Waals surface area contributed by atoms with Crippen LogP contribution in [0.3, 0.4) is 0 Å². The van der Waals surface area contributed by atoms with Crippen LogP contribution in [-0.4, -0.2) is 37.6 Å². The third kappa shape index (κ3) is 4.78. The van der Waals surface area contributed by atoms with Crippen LogP contribution >= 0.6 is 0 Å². The third-order valence-corrected chi connectivity index (χ3v) is 4.98. The molecule has 0 aromatic heterocycles. The predicted molar refractivity (Wildman–Crippen MR) is 106 cm³/mol. The van der Waals surface area contributed by atoms with Crippen LogP contribution in [0.2, 0.25) is 0 Å². The van der Waals surface area contributed by atoms with Gasteiger partial charge in [0.05, 0.1) is 6.10 Å². The Hall–Kier alpha value is -2.68. The Kier molecular flexibility index (Phi) is 6.01. The van der Waals surface area contributed by atoms with E-state index in [4.69, 9.17) is 25.4 Å². The Morgan fingerprint density at radius 1 is 1.04 bits per heavy atom. The van der Waals surface area contributed by atoms with Crippen molar-refractivity contribution >= 4 is 0 Å². The number of rotatable bonds is 8. The second kappa shape index (κ2) is 9.01. The molecule has 0 bridgehead atoms. The average molecular weight is 379 g/mol. The summed E-state index contributed by atoms with van der Waals surface area (Å²) in [6.07, 6.45) is 7.81. The van der Waals surface area contributed by atoms with Crippen LogP contribution in [0.4, 0.5) is 0 Å². The first kappa shape index (κ1) is 18.7. The summed E-state index contributed by atoms with van der Waals surface area (Å²) in [5.41, 5.74) is 2.43. The lowest BCUT2D eigenvalue weighted by Gasteiger charge is -2.25. The zero-order valence-corrected chi connectivity index (χ0v) is 15.9. The van der Waals surface area contributed by atoms with E-state index >= 15 is 0 Å². The summed E-state index contributed by atoms with van der Waals surface area (Å²) in [5.74, 6) is 4.92. The molecular formula is C23H25NO4. The first-order chi connectivity index (χ1) is 13.8. The molecule has 5 nitrogen and oxygen atoms in total. The molecule has 4 rings (SSSR count). The van der Waals surface area contributed by atoms with Gasteiger partial charge in [0, 0.05) is 26.2 Å². The predicted octanol–water partition coefficient (Wildman–Crippen LogP) is 3.61. The van der Waals surface area contributed by atoms with Crippen LogP contribution in [0, 0.1) is 12.3 Å². The van der Waals surface area contributed by atoms with Crippen LogP contribution in [-0.2, 0) is 17.8 Å². The molecule has 0 amide bonds. The van der Waals surface area contributed by atoms with Crippen LogP contribution in [0.25, 0.3) is 0 Å². The maximum atomic E-state index is 5.87. The van der Waals surface area contributed by atoms with E-state index in [-0.39, 0.29) is 6.61 Å². The number of benzene rings is 2. The lowest BCUT2D eigenvalue weighted by atomic mass is 10.1. The van der Waals surface area contributed by atoms with Gasteiger partial charge in [-0.1, -0.05) is 24.1 Å². The van der Waals surface area contributed by atoms with Crippen molar-refractivity contribution in [1.82, 2.24) is 4.90 Å². The van der Waals surface area contributed by atoms with Gasteiger partial charge < -0.3 is 18.9 Å². The molecule has 2 aliphatic rings. The van der Waals surface area contributed by atoms with Gasteiger partial charge >= 0.3 is 0 Å². The van der Waals surface area contributed by atoms with Crippen LogP contribution < -0.4 is 14.2 Å². The van der Waals surface area contributed by atoms with E-state index < -0.39 is 0 Å². The Morgan fingerprint density at radius 2 is 1.82 bits per heavy atom. The van der Waals surface area contributed by atoms with Gasteiger partial charge in [0.15, 0.2) is 11.5 Å². The zero-order valence-electron chi connectivity index (χ0n) is 15.9. The van der Waals surface area contributed by atoms with Crippen molar-refractivity contribution in [3.63, 3.8) is 0 Å². The molecule has 0 aliphatic carbocycles. The molecule has 2 aromatic rings. The number of terminal acetylenes is 1. The molecule has 146 valence electrons. The quantitative estimate of drug-likeness (QED) is 0.656. The highest BCUT2D eigenvalue weighted by atomic mass is 16.7. The molecule has 0 radical (unpaired) electrons. The normalized spacial score (nSPS) is 17.6. The SMILES string of the molecule is C#CCOc1ccc(CN(Cc2ccc3c(c2)OCO3)C[C@@H]2CCCO2)cc1. The summed E-state index contributed by atoms with van der Waals surface area (Å²) < 4.78 is 22.3.